The number of nitrogens with one attached hydrogen (secondary N) is 1. The van der Waals surface area contributed by atoms with Crippen LogP contribution in [-0.2, 0) is 30.4 Å². The van der Waals surface area contributed by atoms with Crippen LogP contribution in [0.25, 0.3) is 21.7 Å². The zero-order valence-electron chi connectivity index (χ0n) is 18.1. The van der Waals surface area contributed by atoms with Crippen molar-refractivity contribution in [3.8, 4) is 0 Å². The van der Waals surface area contributed by atoms with E-state index in [-0.39, 0.29) is 35.2 Å². The van der Waals surface area contributed by atoms with Gasteiger partial charge in [0.05, 0.1) is 10.4 Å². The molecule has 0 aliphatic heterocycles. The molecule has 4 rings (SSSR count). The molecule has 0 aliphatic carbocycles. The zero-order valence-corrected chi connectivity index (χ0v) is 22.6. The summed E-state index contributed by atoms with van der Waals surface area (Å²) in [6.45, 7) is 1.71. The fourth-order valence-electron chi connectivity index (χ4n) is 3.63. The number of aromatic nitrogens is 1. The Morgan fingerprint density at radius 3 is 2.03 bits per heavy atom. The molecule has 3 N–H and O–H groups in total. The van der Waals surface area contributed by atoms with Crippen LogP contribution in [0, 0.1) is 6.92 Å². The second-order valence-corrected chi connectivity index (χ2v) is 11.5. The van der Waals surface area contributed by atoms with Gasteiger partial charge in [-0.1, -0.05) is 18.2 Å². The first-order chi connectivity index (χ1) is 15.7. The van der Waals surface area contributed by atoms with Gasteiger partial charge in [-0.05, 0) is 43.3 Å². The van der Waals surface area contributed by atoms with Crippen LogP contribution in [0.5, 0.6) is 0 Å². The van der Waals surface area contributed by atoms with Gasteiger partial charge in [0.15, 0.2) is 0 Å². The Hall–Kier alpha value is -2.14. The maximum atomic E-state index is 12.2. The van der Waals surface area contributed by atoms with Gasteiger partial charge in [-0.15, -0.1) is 0 Å². The largest absolute Gasteiger partial charge is 1.00 e. The SMILES string of the molecule is Cc1cc(Nc2ccc(S(=O)(=O)O)c3cc(S(=O)(=O)[O-])cc(S(=O)(=O)O)c23)c2ccccc2n1.[Na+]. The molecule has 0 fully saturated rings. The van der Waals surface area contributed by atoms with E-state index in [0.29, 0.717) is 34.4 Å². The van der Waals surface area contributed by atoms with Crippen molar-refractivity contribution in [1.29, 1.82) is 0 Å². The first-order valence-electron chi connectivity index (χ1n) is 9.31. The third kappa shape index (κ3) is 5.50. The van der Waals surface area contributed by atoms with E-state index in [1.165, 1.54) is 0 Å². The second kappa shape index (κ2) is 9.38. The molecule has 0 unspecified atom stereocenters. The van der Waals surface area contributed by atoms with Gasteiger partial charge in [0, 0.05) is 33.2 Å². The van der Waals surface area contributed by atoms with Crippen LogP contribution >= 0.6 is 0 Å². The van der Waals surface area contributed by atoms with Crippen LogP contribution in [0.1, 0.15) is 5.69 Å². The van der Waals surface area contributed by atoms with Gasteiger partial charge in [0.2, 0.25) is 0 Å². The minimum Gasteiger partial charge on any atom is -0.744 e. The molecule has 0 bridgehead atoms. The molecule has 15 heteroatoms. The summed E-state index contributed by atoms with van der Waals surface area (Å²) < 4.78 is 102. The van der Waals surface area contributed by atoms with E-state index in [1.807, 2.05) is 0 Å². The molecule has 4 aromatic rings. The van der Waals surface area contributed by atoms with Crippen molar-refractivity contribution in [1.82, 2.24) is 4.98 Å². The summed E-state index contributed by atoms with van der Waals surface area (Å²) >= 11 is 0. The minimum absolute atomic E-state index is 0. The molecule has 11 nitrogen and oxygen atoms in total. The Bertz CT molecular complexity index is 1820. The molecular weight excluding hydrogens is 531 g/mol. The number of rotatable bonds is 5. The summed E-state index contributed by atoms with van der Waals surface area (Å²) in [6.07, 6.45) is 0. The Balaban J connectivity index is 0.00000342. The first kappa shape index (κ1) is 27.4. The molecule has 0 saturated carbocycles. The number of aryl methyl sites for hydroxylation is 1. The first-order valence-corrected chi connectivity index (χ1v) is 13.6. The molecule has 178 valence electrons. The normalized spacial score (nSPS) is 12.5. The number of benzene rings is 3. The number of hydrogen-bond donors (Lipinski definition) is 3. The van der Waals surface area contributed by atoms with E-state index in [4.69, 9.17) is 0 Å². The smallest absolute Gasteiger partial charge is 0.744 e. The molecule has 0 aliphatic rings. The third-order valence-corrected chi connectivity index (χ3v) is 7.57. The van der Waals surface area contributed by atoms with Gasteiger partial charge in [-0.2, -0.15) is 16.8 Å². The van der Waals surface area contributed by atoms with Crippen LogP contribution in [0.3, 0.4) is 0 Å². The fraction of sp³-hybridized carbons (Fsp3) is 0.0500. The van der Waals surface area contributed by atoms with Gasteiger partial charge in [0.25, 0.3) is 20.2 Å². The Morgan fingerprint density at radius 2 is 1.43 bits per heavy atom. The maximum Gasteiger partial charge on any atom is 1.00 e. The quantitative estimate of drug-likeness (QED) is 0.223. The van der Waals surface area contributed by atoms with Crippen molar-refractivity contribution in [3.05, 3.63) is 60.3 Å². The molecule has 0 amide bonds. The predicted molar refractivity (Wildman–Crippen MR) is 121 cm³/mol. The van der Waals surface area contributed by atoms with Crippen LogP contribution in [-0.4, -0.2) is 43.9 Å². The second-order valence-electron chi connectivity index (χ2n) is 7.31. The number of pyridine rings is 1. The van der Waals surface area contributed by atoms with Crippen molar-refractivity contribution in [2.45, 2.75) is 21.6 Å². The number of hydrogen-bond acceptors (Lipinski definition) is 9. The molecule has 35 heavy (non-hydrogen) atoms. The van der Waals surface area contributed by atoms with Crippen LogP contribution in [0.2, 0.25) is 0 Å². The van der Waals surface area contributed by atoms with Crippen molar-refractivity contribution < 1.29 is 68.5 Å². The monoisotopic (exact) mass is 546 g/mol. The summed E-state index contributed by atoms with van der Waals surface area (Å²) in [7, 11) is -15.4. The third-order valence-electron chi connectivity index (χ3n) is 4.97. The average molecular weight is 547 g/mol. The van der Waals surface area contributed by atoms with Gasteiger partial charge in [0.1, 0.15) is 19.9 Å². The van der Waals surface area contributed by atoms with E-state index in [9.17, 15) is 38.9 Å². The molecule has 1 heterocycles. The molecule has 3 aromatic carbocycles. The van der Waals surface area contributed by atoms with Crippen molar-refractivity contribution in [2.75, 3.05) is 5.32 Å². The summed E-state index contributed by atoms with van der Waals surface area (Å²) in [4.78, 5) is 1.38. The average Bonchev–Trinajstić information content (AvgIpc) is 2.70. The topological polar surface area (TPSA) is 191 Å². The van der Waals surface area contributed by atoms with Crippen molar-refractivity contribution in [3.63, 3.8) is 0 Å². The number of fused-ring (bicyclic) bond motifs is 2. The summed E-state index contributed by atoms with van der Waals surface area (Å²) in [5.41, 5.74) is 1.57. The molecule has 0 atom stereocenters. The van der Waals surface area contributed by atoms with E-state index in [0.717, 1.165) is 12.1 Å². The summed E-state index contributed by atoms with van der Waals surface area (Å²) in [5, 5.41) is 2.52. The Kier molecular flexibility index (Phi) is 7.36. The predicted octanol–water partition coefficient (Wildman–Crippen LogP) is -0.158. The van der Waals surface area contributed by atoms with E-state index >= 15 is 0 Å². The molecular formula is C20H15N2NaO9S3. The molecule has 0 spiro atoms. The van der Waals surface area contributed by atoms with E-state index in [1.54, 1.807) is 37.3 Å². The van der Waals surface area contributed by atoms with Crippen molar-refractivity contribution >= 4 is 63.4 Å². The standard InChI is InChI=1S/C20H16N2O9S3.Na/c1-11-8-17(13-4-2-3-5-15(13)21-11)22-16-6-7-18(33(26,27)28)14-9-12(32(23,24)25)10-19(20(14)16)34(29,30)31;/h2-10H,1H3,(H,21,22)(H,23,24,25)(H,26,27,28)(H,29,30,31);/q;+1/p-1. The Labute approximate surface area is 222 Å². The van der Waals surface area contributed by atoms with Gasteiger partial charge < -0.3 is 9.87 Å². The van der Waals surface area contributed by atoms with Crippen LogP contribution in [0.4, 0.5) is 11.4 Å². The number of anilines is 2. The summed E-state index contributed by atoms with van der Waals surface area (Å²) in [6, 6.07) is 11.7. The van der Waals surface area contributed by atoms with E-state index in [2.05, 4.69) is 10.3 Å². The fourth-order valence-corrected chi connectivity index (χ4v) is 5.66. The maximum absolute atomic E-state index is 12.2. The van der Waals surface area contributed by atoms with Crippen molar-refractivity contribution in [2.24, 2.45) is 0 Å². The van der Waals surface area contributed by atoms with Gasteiger partial charge >= 0.3 is 29.6 Å². The van der Waals surface area contributed by atoms with Crippen LogP contribution < -0.4 is 34.9 Å². The zero-order chi connectivity index (χ0) is 25.1. The molecule has 0 radical (unpaired) electrons. The van der Waals surface area contributed by atoms with E-state index < -0.39 is 55.8 Å². The van der Waals surface area contributed by atoms with Gasteiger partial charge in [-0.3, -0.25) is 14.1 Å². The molecule has 0 saturated heterocycles. The number of nitrogens with zero attached hydrogens (tertiary/aromatic N) is 1. The number of para-hydroxylation sites is 1. The van der Waals surface area contributed by atoms with Gasteiger partial charge in [-0.25, -0.2) is 8.42 Å². The van der Waals surface area contributed by atoms with Crippen LogP contribution in [0.15, 0.2) is 69.3 Å². The summed E-state index contributed by atoms with van der Waals surface area (Å²) in [5.74, 6) is 0. The Morgan fingerprint density at radius 1 is 0.800 bits per heavy atom. The minimum atomic E-state index is -5.28. The molecule has 1 aromatic heterocycles.